The van der Waals surface area contributed by atoms with Gasteiger partial charge in [-0.25, -0.2) is 8.42 Å². The van der Waals surface area contributed by atoms with Crippen molar-refractivity contribution in [2.45, 2.75) is 101 Å². The van der Waals surface area contributed by atoms with Crippen molar-refractivity contribution in [1.29, 1.82) is 0 Å². The molecule has 2 aromatic carbocycles. The molecule has 2 aliphatic rings. The number of carbonyl (C=O) groups excluding carboxylic acids is 1. The Morgan fingerprint density at radius 3 is 2.44 bits per heavy atom. The first-order chi connectivity index (χ1) is 24.0. The van der Waals surface area contributed by atoms with Crippen LogP contribution in [0.5, 0.6) is 0 Å². The molecule has 268 valence electrons. The number of aldehydes is 1. The number of aromatic nitrogens is 4. The van der Waals surface area contributed by atoms with Crippen molar-refractivity contribution >= 4 is 44.6 Å². The van der Waals surface area contributed by atoms with Crippen molar-refractivity contribution in [3.63, 3.8) is 0 Å². The van der Waals surface area contributed by atoms with Gasteiger partial charge < -0.3 is 20.2 Å². The minimum Gasteiger partial charge on any atom is -0.372 e. The maximum absolute atomic E-state index is 13.3. The Morgan fingerprint density at radius 2 is 1.74 bits per heavy atom. The Hall–Kier alpha value is -3.91. The molecular formula is C37H50N8O4S. The molecule has 0 amide bonds. The van der Waals surface area contributed by atoms with Gasteiger partial charge in [-0.05, 0) is 84.1 Å². The second-order valence-electron chi connectivity index (χ2n) is 14.1. The van der Waals surface area contributed by atoms with Crippen molar-refractivity contribution in [1.82, 2.24) is 30.0 Å². The average molecular weight is 703 g/mol. The molecular weight excluding hydrogens is 653 g/mol. The highest BCUT2D eigenvalue weighted by Gasteiger charge is 2.42. The first-order valence-corrected chi connectivity index (χ1v) is 19.2. The summed E-state index contributed by atoms with van der Waals surface area (Å²) in [6.07, 6.45) is 3.59. The lowest BCUT2D eigenvalue weighted by Gasteiger charge is -2.50. The molecule has 13 heteroatoms. The van der Waals surface area contributed by atoms with E-state index in [0.717, 1.165) is 50.9 Å². The van der Waals surface area contributed by atoms with E-state index in [0.29, 0.717) is 41.1 Å². The number of para-hydroxylation sites is 1. The van der Waals surface area contributed by atoms with Crippen LogP contribution in [0.25, 0.3) is 11.0 Å². The summed E-state index contributed by atoms with van der Waals surface area (Å²) in [5.41, 5.74) is 4.23. The molecule has 2 aromatic heterocycles. The summed E-state index contributed by atoms with van der Waals surface area (Å²) in [7, 11) is -3.57. The number of anilines is 3. The van der Waals surface area contributed by atoms with Gasteiger partial charge in [0.05, 0.1) is 46.0 Å². The van der Waals surface area contributed by atoms with Crippen molar-refractivity contribution in [3.05, 3.63) is 65.4 Å². The third kappa shape index (κ3) is 7.56. The predicted molar refractivity (Wildman–Crippen MR) is 197 cm³/mol. The monoisotopic (exact) mass is 702 g/mol. The predicted octanol–water partition coefficient (Wildman–Crippen LogP) is 5.58. The quantitative estimate of drug-likeness (QED) is 0.159. The van der Waals surface area contributed by atoms with E-state index in [1.54, 1.807) is 38.1 Å². The molecule has 4 heterocycles. The van der Waals surface area contributed by atoms with Crippen LogP contribution < -0.4 is 10.6 Å². The highest BCUT2D eigenvalue weighted by molar-refractivity contribution is 7.92. The number of piperidine rings is 2. The number of carbonyl (C=O) groups is 1. The molecule has 0 radical (unpaired) electrons. The Morgan fingerprint density at radius 1 is 1.02 bits per heavy atom. The van der Waals surface area contributed by atoms with E-state index < -0.39 is 15.1 Å². The van der Waals surface area contributed by atoms with Crippen molar-refractivity contribution in [2.75, 3.05) is 36.8 Å². The van der Waals surface area contributed by atoms with Gasteiger partial charge in [-0.3, -0.25) is 14.9 Å². The van der Waals surface area contributed by atoms with Gasteiger partial charge in [0, 0.05) is 37.4 Å². The minimum absolute atomic E-state index is 0.00428. The zero-order chi connectivity index (χ0) is 35.6. The maximum Gasteiger partial charge on any atom is 0.227 e. The number of nitrogens with one attached hydrogen (secondary N) is 3. The largest absolute Gasteiger partial charge is 0.372 e. The highest BCUT2D eigenvalue weighted by atomic mass is 32.2. The lowest BCUT2D eigenvalue weighted by molar-refractivity contribution is -0.109. The molecule has 3 N–H and O–H groups in total. The number of fused-ring (bicyclic) bond motifs is 1. The van der Waals surface area contributed by atoms with Crippen LogP contribution in [-0.4, -0.2) is 100 Å². The topological polar surface area (TPSA) is 145 Å². The van der Waals surface area contributed by atoms with E-state index >= 15 is 0 Å². The molecule has 2 saturated heterocycles. The standard InChI is InChI=1S/C37H50N8O4S/c1-23(2)49-32-22-45(27-15-17-44(18-16-27)19-20-46)31(28-12-8-7-11-25(28)5)21-30(32)39-37-40-35(34-26(6)42-43-36(34)41-37)38-29-13-9-10-14-33(29)50(47,48)24(3)4/h7-14,20,23-24,27,30-32H,15-19,21-22H2,1-6H3,(H3,38,39,40,41,42,43). The molecule has 2 fully saturated rings. The Labute approximate surface area is 295 Å². The number of sulfone groups is 1. The van der Waals surface area contributed by atoms with E-state index in [1.807, 2.05) is 6.92 Å². The third-order valence-electron chi connectivity index (χ3n) is 10.0. The summed E-state index contributed by atoms with van der Waals surface area (Å²) in [4.78, 5) is 26.1. The Bertz CT molecular complexity index is 1900. The first-order valence-electron chi connectivity index (χ1n) is 17.7. The summed E-state index contributed by atoms with van der Waals surface area (Å²) in [5, 5.41) is 14.6. The van der Waals surface area contributed by atoms with E-state index in [1.165, 1.54) is 11.1 Å². The van der Waals surface area contributed by atoms with Gasteiger partial charge in [-0.2, -0.15) is 15.1 Å². The van der Waals surface area contributed by atoms with Gasteiger partial charge in [0.15, 0.2) is 15.5 Å². The van der Waals surface area contributed by atoms with Crippen molar-refractivity contribution in [2.24, 2.45) is 0 Å². The van der Waals surface area contributed by atoms with Crippen molar-refractivity contribution in [3.8, 4) is 0 Å². The van der Waals surface area contributed by atoms with Crippen LogP contribution >= 0.6 is 0 Å². The molecule has 2 aliphatic heterocycles. The molecule has 12 nitrogen and oxygen atoms in total. The molecule has 0 saturated carbocycles. The summed E-state index contributed by atoms with van der Waals surface area (Å²) in [6, 6.07) is 15.9. The van der Waals surface area contributed by atoms with E-state index in [-0.39, 0.29) is 29.2 Å². The van der Waals surface area contributed by atoms with Gasteiger partial charge in [-0.15, -0.1) is 0 Å². The van der Waals surface area contributed by atoms with Crippen molar-refractivity contribution < 1.29 is 17.9 Å². The summed E-state index contributed by atoms with van der Waals surface area (Å²) in [6.45, 7) is 14.5. The smallest absolute Gasteiger partial charge is 0.227 e. The second-order valence-corrected chi connectivity index (χ2v) is 16.6. The van der Waals surface area contributed by atoms with Crippen LogP contribution in [0.3, 0.4) is 0 Å². The zero-order valence-electron chi connectivity index (χ0n) is 29.9. The fourth-order valence-corrected chi connectivity index (χ4v) is 8.63. The fourth-order valence-electron chi connectivity index (χ4n) is 7.43. The van der Waals surface area contributed by atoms with Crippen LogP contribution in [0.4, 0.5) is 17.5 Å². The Kier molecular flexibility index (Phi) is 10.9. The Balaban J connectivity index is 1.35. The van der Waals surface area contributed by atoms with Gasteiger partial charge in [0.25, 0.3) is 0 Å². The minimum atomic E-state index is -3.57. The lowest BCUT2D eigenvalue weighted by atomic mass is 9.85. The molecule has 0 spiro atoms. The van der Waals surface area contributed by atoms with Gasteiger partial charge in [-0.1, -0.05) is 36.4 Å². The van der Waals surface area contributed by atoms with E-state index in [4.69, 9.17) is 14.7 Å². The SMILES string of the molecule is Cc1ccccc1C1CC(Nc2nc(Nc3ccccc3S(=O)(=O)C(C)C)c3c(C)[nH]nc3n2)C(OC(C)C)CN1C1CCN(CC=O)CC1. The number of rotatable bonds is 12. The molecule has 6 rings (SSSR count). The number of hydrogen-bond acceptors (Lipinski definition) is 11. The van der Waals surface area contributed by atoms with Crippen LogP contribution in [-0.2, 0) is 19.4 Å². The van der Waals surface area contributed by atoms with E-state index in [9.17, 15) is 13.2 Å². The number of likely N-dealkylation sites (tertiary alicyclic amines) is 2. The van der Waals surface area contributed by atoms with E-state index in [2.05, 4.69) is 75.7 Å². The lowest BCUT2D eigenvalue weighted by Crippen LogP contribution is -2.57. The first kappa shape index (κ1) is 35.9. The number of benzene rings is 2. The number of H-pyrrole nitrogens is 1. The normalized spacial score (nSPS) is 21.2. The average Bonchev–Trinajstić information content (AvgIpc) is 3.46. The molecule has 4 aromatic rings. The number of hydrogen-bond donors (Lipinski definition) is 3. The van der Waals surface area contributed by atoms with Gasteiger partial charge in [0.2, 0.25) is 5.95 Å². The molecule has 3 atom stereocenters. The highest BCUT2D eigenvalue weighted by Crippen LogP contribution is 2.39. The summed E-state index contributed by atoms with van der Waals surface area (Å²) in [5.74, 6) is 0.851. The molecule has 3 unspecified atom stereocenters. The number of aryl methyl sites for hydroxylation is 2. The number of aromatic amines is 1. The fraction of sp³-hybridized carbons (Fsp3) is 0.514. The third-order valence-corrected chi connectivity index (χ3v) is 12.3. The zero-order valence-corrected chi connectivity index (χ0v) is 30.7. The second kappa shape index (κ2) is 15.1. The molecule has 0 aliphatic carbocycles. The van der Waals surface area contributed by atoms with Crippen LogP contribution in [0.2, 0.25) is 0 Å². The summed E-state index contributed by atoms with van der Waals surface area (Å²) >= 11 is 0. The molecule has 50 heavy (non-hydrogen) atoms. The van der Waals surface area contributed by atoms with Crippen LogP contribution in [0, 0.1) is 13.8 Å². The number of ether oxygens (including phenoxy) is 1. The van der Waals surface area contributed by atoms with Crippen LogP contribution in [0.15, 0.2) is 53.4 Å². The van der Waals surface area contributed by atoms with Gasteiger partial charge >= 0.3 is 0 Å². The van der Waals surface area contributed by atoms with Crippen LogP contribution in [0.1, 0.15) is 69.8 Å². The maximum atomic E-state index is 13.3. The van der Waals surface area contributed by atoms with Gasteiger partial charge in [0.1, 0.15) is 12.1 Å². The molecule has 0 bridgehead atoms. The number of nitrogens with zero attached hydrogens (tertiary/aromatic N) is 5. The summed E-state index contributed by atoms with van der Waals surface area (Å²) < 4.78 is 33.2.